The summed E-state index contributed by atoms with van der Waals surface area (Å²) in [5.41, 5.74) is 3.59. The molecule has 0 atom stereocenters. The maximum absolute atomic E-state index is 13.5. The second-order valence-corrected chi connectivity index (χ2v) is 8.47. The van der Waals surface area contributed by atoms with Crippen LogP contribution in [0.1, 0.15) is 10.4 Å². The van der Waals surface area contributed by atoms with Crippen molar-refractivity contribution in [3.8, 4) is 16.3 Å². The maximum Gasteiger partial charge on any atom is 0.254 e. The van der Waals surface area contributed by atoms with Crippen molar-refractivity contribution >= 4 is 33.8 Å². The van der Waals surface area contributed by atoms with Gasteiger partial charge >= 0.3 is 0 Å². The number of para-hydroxylation sites is 1. The highest BCUT2D eigenvalue weighted by atomic mass is 32.1. The van der Waals surface area contributed by atoms with Gasteiger partial charge in [0.1, 0.15) is 5.75 Å². The summed E-state index contributed by atoms with van der Waals surface area (Å²) in [6, 6.07) is 22.0. The van der Waals surface area contributed by atoms with E-state index in [1.54, 1.807) is 18.4 Å². The zero-order chi connectivity index (χ0) is 21.2. The number of anilines is 1. The molecule has 1 aliphatic heterocycles. The first kappa shape index (κ1) is 19.6. The number of thiophene rings is 1. The number of amides is 1. The Hall–Kier alpha value is -3.38. The molecule has 31 heavy (non-hydrogen) atoms. The molecular formula is C25H23N3O2S. The van der Waals surface area contributed by atoms with Crippen LogP contribution in [0.5, 0.6) is 5.75 Å². The van der Waals surface area contributed by atoms with Crippen molar-refractivity contribution in [2.45, 2.75) is 0 Å². The summed E-state index contributed by atoms with van der Waals surface area (Å²) in [6.45, 7) is 2.99. The van der Waals surface area contributed by atoms with Crippen molar-refractivity contribution in [2.24, 2.45) is 0 Å². The molecular weight excluding hydrogens is 406 g/mol. The Kier molecular flexibility index (Phi) is 5.30. The smallest absolute Gasteiger partial charge is 0.254 e. The van der Waals surface area contributed by atoms with Gasteiger partial charge in [-0.2, -0.15) is 0 Å². The van der Waals surface area contributed by atoms with Gasteiger partial charge in [0.2, 0.25) is 0 Å². The number of nitrogens with zero attached hydrogens (tertiary/aromatic N) is 3. The number of carbonyl (C=O) groups is 1. The molecule has 1 aliphatic rings. The van der Waals surface area contributed by atoms with Gasteiger partial charge in [-0.1, -0.05) is 24.3 Å². The number of hydrogen-bond acceptors (Lipinski definition) is 5. The lowest BCUT2D eigenvalue weighted by atomic mass is 10.1. The number of hydrogen-bond donors (Lipinski definition) is 0. The molecule has 5 rings (SSSR count). The highest BCUT2D eigenvalue weighted by Gasteiger charge is 2.24. The first-order valence-corrected chi connectivity index (χ1v) is 11.2. The fourth-order valence-electron chi connectivity index (χ4n) is 4.03. The molecule has 3 heterocycles. The van der Waals surface area contributed by atoms with E-state index in [-0.39, 0.29) is 5.91 Å². The van der Waals surface area contributed by atoms with Gasteiger partial charge < -0.3 is 14.5 Å². The number of methoxy groups -OCH3 is 1. The predicted molar refractivity (Wildman–Crippen MR) is 126 cm³/mol. The van der Waals surface area contributed by atoms with E-state index >= 15 is 0 Å². The molecule has 0 N–H and O–H groups in total. The molecule has 0 radical (unpaired) electrons. The number of ether oxygens (including phenoxy) is 1. The van der Waals surface area contributed by atoms with Crippen LogP contribution in [-0.2, 0) is 0 Å². The zero-order valence-electron chi connectivity index (χ0n) is 17.3. The third-order valence-corrected chi connectivity index (χ3v) is 6.62. The van der Waals surface area contributed by atoms with Crippen LogP contribution < -0.4 is 9.64 Å². The number of carbonyl (C=O) groups excluding carboxylic acids is 1. The van der Waals surface area contributed by atoms with Crippen LogP contribution in [0, 0.1) is 0 Å². The number of fused-ring (bicyclic) bond motifs is 1. The number of benzene rings is 2. The second kappa shape index (κ2) is 8.40. The highest BCUT2D eigenvalue weighted by Crippen LogP contribution is 2.29. The molecule has 2 aromatic heterocycles. The molecule has 156 valence electrons. The lowest BCUT2D eigenvalue weighted by Crippen LogP contribution is -2.48. The molecule has 1 amide bonds. The minimum atomic E-state index is 0.0748. The summed E-state index contributed by atoms with van der Waals surface area (Å²) in [7, 11) is 1.67. The van der Waals surface area contributed by atoms with Crippen LogP contribution in [0.2, 0.25) is 0 Å². The van der Waals surface area contributed by atoms with E-state index < -0.39 is 0 Å². The van der Waals surface area contributed by atoms with Gasteiger partial charge in [-0.15, -0.1) is 11.3 Å². The summed E-state index contributed by atoms with van der Waals surface area (Å²) < 4.78 is 5.25. The lowest BCUT2D eigenvalue weighted by molar-refractivity contribution is 0.0748. The van der Waals surface area contributed by atoms with Crippen LogP contribution >= 0.6 is 11.3 Å². The largest absolute Gasteiger partial charge is 0.497 e. The van der Waals surface area contributed by atoms with Crippen molar-refractivity contribution in [2.75, 3.05) is 38.2 Å². The van der Waals surface area contributed by atoms with Gasteiger partial charge in [0, 0.05) is 37.3 Å². The van der Waals surface area contributed by atoms with Gasteiger partial charge in [-0.25, -0.2) is 4.98 Å². The molecule has 0 unspecified atom stereocenters. The van der Waals surface area contributed by atoms with Crippen LogP contribution in [0.3, 0.4) is 0 Å². The molecule has 1 saturated heterocycles. The van der Waals surface area contributed by atoms with Crippen LogP contribution in [0.4, 0.5) is 5.69 Å². The third-order valence-electron chi connectivity index (χ3n) is 5.72. The van der Waals surface area contributed by atoms with Gasteiger partial charge in [0.25, 0.3) is 5.91 Å². The van der Waals surface area contributed by atoms with Gasteiger partial charge in [-0.3, -0.25) is 4.79 Å². The topological polar surface area (TPSA) is 45.7 Å². The van der Waals surface area contributed by atoms with Gasteiger partial charge in [-0.05, 0) is 47.8 Å². The van der Waals surface area contributed by atoms with E-state index in [0.717, 1.165) is 51.6 Å². The Morgan fingerprint density at radius 2 is 1.74 bits per heavy atom. The summed E-state index contributed by atoms with van der Waals surface area (Å²) in [4.78, 5) is 23.7. The van der Waals surface area contributed by atoms with Gasteiger partial charge in [0.15, 0.2) is 0 Å². The summed E-state index contributed by atoms with van der Waals surface area (Å²) in [5.74, 6) is 0.925. The van der Waals surface area contributed by atoms with E-state index in [0.29, 0.717) is 13.1 Å². The molecule has 1 fully saturated rings. The van der Waals surface area contributed by atoms with E-state index in [1.165, 1.54) is 0 Å². The molecule has 2 aromatic carbocycles. The summed E-state index contributed by atoms with van der Waals surface area (Å²) in [5, 5.41) is 2.94. The molecule has 0 bridgehead atoms. The summed E-state index contributed by atoms with van der Waals surface area (Å²) >= 11 is 1.64. The van der Waals surface area contributed by atoms with Crippen LogP contribution in [0.15, 0.2) is 72.1 Å². The zero-order valence-corrected chi connectivity index (χ0v) is 18.1. The number of rotatable bonds is 4. The molecule has 0 spiro atoms. The first-order valence-electron chi connectivity index (χ1n) is 10.3. The Labute approximate surface area is 185 Å². The molecule has 0 aliphatic carbocycles. The quantitative estimate of drug-likeness (QED) is 0.461. The predicted octanol–water partition coefficient (Wildman–Crippen LogP) is 4.93. The Bertz CT molecular complexity index is 1200. The molecule has 0 saturated carbocycles. The monoisotopic (exact) mass is 429 g/mol. The van der Waals surface area contributed by atoms with Crippen LogP contribution in [0.25, 0.3) is 21.5 Å². The van der Waals surface area contributed by atoms with Crippen molar-refractivity contribution < 1.29 is 9.53 Å². The minimum absolute atomic E-state index is 0.0748. The second-order valence-electron chi connectivity index (χ2n) is 7.53. The van der Waals surface area contributed by atoms with Crippen molar-refractivity contribution in [1.29, 1.82) is 0 Å². The average molecular weight is 430 g/mol. The standard InChI is InChI=1S/C25H23N3O2S/c1-30-19-10-8-18(9-11-19)27-12-14-28(15-13-27)25(29)21-17-23(24-7-4-16-31-24)26-22-6-3-2-5-20(21)22/h2-11,16-17H,12-15H2,1H3. The molecule has 4 aromatic rings. The lowest BCUT2D eigenvalue weighted by Gasteiger charge is -2.36. The first-order chi connectivity index (χ1) is 15.2. The van der Waals surface area contributed by atoms with E-state index in [1.807, 2.05) is 64.9 Å². The summed E-state index contributed by atoms with van der Waals surface area (Å²) in [6.07, 6.45) is 0. The average Bonchev–Trinajstić information content (AvgIpc) is 3.38. The van der Waals surface area contributed by atoms with Crippen molar-refractivity contribution in [1.82, 2.24) is 9.88 Å². The van der Waals surface area contributed by atoms with Gasteiger partial charge in [0.05, 0.1) is 28.8 Å². The number of aromatic nitrogens is 1. The van der Waals surface area contributed by atoms with Crippen LogP contribution in [-0.4, -0.2) is 49.1 Å². The fraction of sp³-hybridized carbons (Fsp3) is 0.200. The normalized spacial score (nSPS) is 14.1. The Morgan fingerprint density at radius 1 is 0.968 bits per heavy atom. The number of pyridine rings is 1. The molecule has 6 heteroatoms. The van der Waals surface area contributed by atoms with E-state index in [9.17, 15) is 4.79 Å². The number of piperazine rings is 1. The fourth-order valence-corrected chi connectivity index (χ4v) is 4.72. The van der Waals surface area contributed by atoms with Crippen molar-refractivity contribution in [3.05, 3.63) is 77.7 Å². The molecule has 5 nitrogen and oxygen atoms in total. The third kappa shape index (κ3) is 3.86. The minimum Gasteiger partial charge on any atom is -0.497 e. The van der Waals surface area contributed by atoms with Crippen molar-refractivity contribution in [3.63, 3.8) is 0 Å². The Morgan fingerprint density at radius 3 is 2.45 bits per heavy atom. The Balaban J connectivity index is 1.39. The van der Waals surface area contributed by atoms with E-state index in [2.05, 4.69) is 17.0 Å². The highest BCUT2D eigenvalue weighted by molar-refractivity contribution is 7.13. The van der Waals surface area contributed by atoms with E-state index in [4.69, 9.17) is 9.72 Å². The SMILES string of the molecule is COc1ccc(N2CCN(C(=O)c3cc(-c4cccs4)nc4ccccc34)CC2)cc1. The maximum atomic E-state index is 13.5.